The maximum atomic E-state index is 6.13. The summed E-state index contributed by atoms with van der Waals surface area (Å²) in [5.41, 5.74) is 1.94. The van der Waals surface area contributed by atoms with Crippen LogP contribution in [0.1, 0.15) is 24.0 Å². The van der Waals surface area contributed by atoms with E-state index in [4.69, 9.17) is 21.1 Å². The molecule has 112 valence electrons. The first-order chi connectivity index (χ1) is 10.1. The molecule has 0 saturated heterocycles. The molecule has 0 aliphatic rings. The lowest BCUT2D eigenvalue weighted by Crippen LogP contribution is -2.02. The molecule has 0 saturated carbocycles. The van der Waals surface area contributed by atoms with Gasteiger partial charge in [-0.15, -0.1) is 0 Å². The molecule has 6 heteroatoms. The lowest BCUT2D eigenvalue weighted by Gasteiger charge is -2.10. The summed E-state index contributed by atoms with van der Waals surface area (Å²) in [6, 6.07) is 5.76. The molecule has 1 heterocycles. The second kappa shape index (κ2) is 7.09. The van der Waals surface area contributed by atoms with Gasteiger partial charge in [0.1, 0.15) is 11.0 Å². The van der Waals surface area contributed by atoms with Crippen LogP contribution in [0.25, 0.3) is 0 Å². The van der Waals surface area contributed by atoms with Crippen molar-refractivity contribution in [1.82, 2.24) is 9.97 Å². The number of methoxy groups -OCH3 is 2. The second-order valence-electron chi connectivity index (χ2n) is 4.41. The quantitative estimate of drug-likeness (QED) is 0.743. The Kier molecular flexibility index (Phi) is 5.42. The average molecular weight is 372 g/mol. The Morgan fingerprint density at radius 1 is 1.14 bits per heavy atom. The SMILES string of the molecule is CCc1nc(Cc2ccc(OC)c(OC)c2)nc(Cl)c1Br. The number of aromatic nitrogens is 2. The number of aryl methyl sites for hydroxylation is 1. The van der Waals surface area contributed by atoms with Crippen LogP contribution in [0.2, 0.25) is 5.15 Å². The molecule has 0 atom stereocenters. The third-order valence-electron chi connectivity index (χ3n) is 3.07. The molecule has 0 fully saturated rings. The van der Waals surface area contributed by atoms with E-state index in [2.05, 4.69) is 25.9 Å². The Balaban J connectivity index is 2.32. The van der Waals surface area contributed by atoms with Gasteiger partial charge < -0.3 is 9.47 Å². The summed E-state index contributed by atoms with van der Waals surface area (Å²) in [5, 5.41) is 0.442. The van der Waals surface area contributed by atoms with E-state index in [1.54, 1.807) is 14.2 Å². The van der Waals surface area contributed by atoms with Crippen LogP contribution in [-0.2, 0) is 12.8 Å². The van der Waals surface area contributed by atoms with E-state index in [1.165, 1.54) is 0 Å². The van der Waals surface area contributed by atoms with Crippen molar-refractivity contribution in [3.63, 3.8) is 0 Å². The third-order valence-corrected chi connectivity index (χ3v) is 4.41. The zero-order chi connectivity index (χ0) is 15.4. The summed E-state index contributed by atoms with van der Waals surface area (Å²) in [4.78, 5) is 8.84. The number of benzene rings is 1. The fourth-order valence-corrected chi connectivity index (χ4v) is 2.66. The monoisotopic (exact) mass is 370 g/mol. The standard InChI is InChI=1S/C15H16BrClN2O2/c1-4-10-14(16)15(17)19-13(18-10)8-9-5-6-11(20-2)12(7-9)21-3/h5-7H,4,8H2,1-3H3. The number of nitrogens with zero attached hydrogens (tertiary/aromatic N) is 2. The zero-order valence-electron chi connectivity index (χ0n) is 12.1. The molecule has 0 aliphatic carbocycles. The fourth-order valence-electron chi connectivity index (χ4n) is 2.00. The lowest BCUT2D eigenvalue weighted by atomic mass is 10.1. The molecule has 2 aromatic rings. The normalized spacial score (nSPS) is 10.5. The molecule has 0 aliphatic heterocycles. The Labute approximate surface area is 137 Å². The Morgan fingerprint density at radius 2 is 1.86 bits per heavy atom. The molecule has 0 amide bonds. The highest BCUT2D eigenvalue weighted by Gasteiger charge is 2.11. The fraction of sp³-hybridized carbons (Fsp3) is 0.333. The minimum Gasteiger partial charge on any atom is -0.493 e. The highest BCUT2D eigenvalue weighted by molar-refractivity contribution is 9.10. The molecule has 1 aromatic heterocycles. The largest absolute Gasteiger partial charge is 0.493 e. The van der Waals surface area contributed by atoms with Gasteiger partial charge >= 0.3 is 0 Å². The van der Waals surface area contributed by atoms with E-state index in [1.807, 2.05) is 25.1 Å². The summed E-state index contributed by atoms with van der Waals surface area (Å²) in [6.45, 7) is 2.03. The van der Waals surface area contributed by atoms with Gasteiger partial charge in [-0.1, -0.05) is 24.6 Å². The van der Waals surface area contributed by atoms with Crippen molar-refractivity contribution in [2.75, 3.05) is 14.2 Å². The van der Waals surface area contributed by atoms with E-state index in [9.17, 15) is 0 Å². The van der Waals surface area contributed by atoms with Crippen LogP contribution in [0.15, 0.2) is 22.7 Å². The topological polar surface area (TPSA) is 44.2 Å². The molecule has 0 bridgehead atoms. The van der Waals surface area contributed by atoms with Gasteiger partial charge in [-0.25, -0.2) is 9.97 Å². The summed E-state index contributed by atoms with van der Waals surface area (Å²) >= 11 is 9.54. The van der Waals surface area contributed by atoms with Crippen LogP contribution >= 0.6 is 27.5 Å². The number of rotatable bonds is 5. The zero-order valence-corrected chi connectivity index (χ0v) is 14.5. The molecule has 2 rings (SSSR count). The van der Waals surface area contributed by atoms with Gasteiger partial charge in [0.05, 0.1) is 24.4 Å². The number of halogens is 2. The van der Waals surface area contributed by atoms with Crippen LogP contribution in [0.5, 0.6) is 11.5 Å². The third kappa shape index (κ3) is 3.66. The van der Waals surface area contributed by atoms with Gasteiger partial charge in [0.2, 0.25) is 0 Å². The van der Waals surface area contributed by atoms with Crippen LogP contribution < -0.4 is 9.47 Å². The predicted molar refractivity (Wildman–Crippen MR) is 86.5 cm³/mol. The van der Waals surface area contributed by atoms with Crippen molar-refractivity contribution in [3.8, 4) is 11.5 Å². The Hall–Kier alpha value is -1.33. The smallest absolute Gasteiger partial charge is 0.161 e. The van der Waals surface area contributed by atoms with Gasteiger partial charge in [-0.2, -0.15) is 0 Å². The summed E-state index contributed by atoms with van der Waals surface area (Å²) in [7, 11) is 3.23. The second-order valence-corrected chi connectivity index (χ2v) is 5.56. The lowest BCUT2D eigenvalue weighted by molar-refractivity contribution is 0.354. The van der Waals surface area contributed by atoms with Gasteiger partial charge in [0.15, 0.2) is 11.5 Å². The van der Waals surface area contributed by atoms with E-state index in [0.29, 0.717) is 28.9 Å². The molecular formula is C15H16BrClN2O2. The molecule has 0 unspecified atom stereocenters. The van der Waals surface area contributed by atoms with E-state index >= 15 is 0 Å². The summed E-state index contributed by atoms with van der Waals surface area (Å²) < 4.78 is 11.3. The summed E-state index contributed by atoms with van der Waals surface area (Å²) in [6.07, 6.45) is 1.38. The predicted octanol–water partition coefficient (Wildman–Crippen LogP) is 4.06. The number of hydrogen-bond acceptors (Lipinski definition) is 4. The Bertz CT molecular complexity index is 650. The van der Waals surface area contributed by atoms with Crippen molar-refractivity contribution >= 4 is 27.5 Å². The molecule has 4 nitrogen and oxygen atoms in total. The molecule has 1 aromatic carbocycles. The van der Waals surface area contributed by atoms with E-state index in [0.717, 1.165) is 22.2 Å². The van der Waals surface area contributed by atoms with Gasteiger partial charge in [-0.3, -0.25) is 0 Å². The first-order valence-electron chi connectivity index (χ1n) is 6.50. The van der Waals surface area contributed by atoms with Gasteiger partial charge in [-0.05, 0) is 40.0 Å². The van der Waals surface area contributed by atoms with Gasteiger partial charge in [0, 0.05) is 6.42 Å². The maximum absolute atomic E-state index is 6.13. The first-order valence-corrected chi connectivity index (χ1v) is 7.67. The maximum Gasteiger partial charge on any atom is 0.161 e. The molecular weight excluding hydrogens is 356 g/mol. The average Bonchev–Trinajstić information content (AvgIpc) is 2.50. The minimum atomic E-state index is 0.442. The first kappa shape index (κ1) is 16.0. The molecule has 0 spiro atoms. The Morgan fingerprint density at radius 3 is 2.48 bits per heavy atom. The highest BCUT2D eigenvalue weighted by atomic mass is 79.9. The van der Waals surface area contributed by atoms with Crippen LogP contribution in [-0.4, -0.2) is 24.2 Å². The van der Waals surface area contributed by atoms with Gasteiger partial charge in [0.25, 0.3) is 0 Å². The number of hydrogen-bond donors (Lipinski definition) is 0. The van der Waals surface area contributed by atoms with Crippen LogP contribution in [0, 0.1) is 0 Å². The highest BCUT2D eigenvalue weighted by Crippen LogP contribution is 2.29. The van der Waals surface area contributed by atoms with Crippen molar-refractivity contribution in [3.05, 3.63) is 44.9 Å². The number of ether oxygens (including phenoxy) is 2. The van der Waals surface area contributed by atoms with E-state index < -0.39 is 0 Å². The van der Waals surface area contributed by atoms with Crippen molar-refractivity contribution in [2.24, 2.45) is 0 Å². The van der Waals surface area contributed by atoms with Crippen molar-refractivity contribution < 1.29 is 9.47 Å². The molecule has 21 heavy (non-hydrogen) atoms. The molecule has 0 radical (unpaired) electrons. The van der Waals surface area contributed by atoms with Crippen LogP contribution in [0.4, 0.5) is 0 Å². The minimum absolute atomic E-state index is 0.442. The summed E-state index contributed by atoms with van der Waals surface area (Å²) in [5.74, 6) is 2.08. The van der Waals surface area contributed by atoms with Crippen molar-refractivity contribution in [2.45, 2.75) is 19.8 Å². The molecule has 0 N–H and O–H groups in total. The van der Waals surface area contributed by atoms with E-state index in [-0.39, 0.29) is 0 Å². The van der Waals surface area contributed by atoms with Crippen LogP contribution in [0.3, 0.4) is 0 Å². The van der Waals surface area contributed by atoms with Crippen molar-refractivity contribution in [1.29, 1.82) is 0 Å².